The zero-order valence-electron chi connectivity index (χ0n) is 17.8. The molecule has 0 saturated heterocycles. The van der Waals surface area contributed by atoms with E-state index in [-0.39, 0.29) is 6.17 Å². The summed E-state index contributed by atoms with van der Waals surface area (Å²) in [5.41, 5.74) is 17.4. The van der Waals surface area contributed by atoms with E-state index in [1.54, 1.807) is 0 Å². The highest BCUT2D eigenvalue weighted by molar-refractivity contribution is 5.90. The van der Waals surface area contributed by atoms with Gasteiger partial charge in [-0.2, -0.15) is 5.10 Å². The van der Waals surface area contributed by atoms with Crippen molar-refractivity contribution in [2.75, 3.05) is 5.73 Å². The smallest absolute Gasteiger partial charge is 0.162 e. The molecule has 0 fully saturated rings. The molecule has 4 heterocycles. The number of fused-ring (bicyclic) bond motifs is 3. The molecule has 7 nitrogen and oxygen atoms in total. The molecule has 0 spiro atoms. The van der Waals surface area contributed by atoms with Crippen LogP contribution in [0.5, 0.6) is 0 Å². The number of nitrogens with zero attached hydrogens (tertiary/aromatic N) is 4. The van der Waals surface area contributed by atoms with Crippen molar-refractivity contribution in [3.8, 4) is 11.3 Å². The molecule has 0 amide bonds. The fourth-order valence-corrected chi connectivity index (χ4v) is 4.49. The lowest BCUT2D eigenvalue weighted by Crippen LogP contribution is -2.30. The average Bonchev–Trinajstić information content (AvgIpc) is 3.49. The number of aryl methyl sites for hydroxylation is 2. The molecule has 0 saturated carbocycles. The van der Waals surface area contributed by atoms with Crippen LogP contribution < -0.4 is 21.9 Å². The highest BCUT2D eigenvalue weighted by Crippen LogP contribution is 2.32. The van der Waals surface area contributed by atoms with Crippen molar-refractivity contribution in [1.29, 1.82) is 0 Å². The Morgan fingerprint density at radius 1 is 1.16 bits per heavy atom. The minimum atomic E-state index is -0.172. The molecular weight excluding hydrogens is 400 g/mol. The molecule has 1 unspecified atom stereocenters. The van der Waals surface area contributed by atoms with Crippen molar-refractivity contribution < 1.29 is 4.52 Å². The van der Waals surface area contributed by atoms with Crippen LogP contribution in [0.1, 0.15) is 34.2 Å². The maximum absolute atomic E-state index is 5.90. The van der Waals surface area contributed by atoms with E-state index in [1.165, 1.54) is 5.56 Å². The maximum atomic E-state index is 5.90. The number of hydrogen-bond donors (Lipinski definition) is 2. The Morgan fingerprint density at radius 2 is 2.00 bits per heavy atom. The number of nitrogens with one attached hydrogen (secondary N) is 1. The first kappa shape index (κ1) is 18.6. The van der Waals surface area contributed by atoms with E-state index >= 15 is 0 Å². The van der Waals surface area contributed by atoms with Crippen molar-refractivity contribution in [3.05, 3.63) is 93.6 Å². The van der Waals surface area contributed by atoms with Gasteiger partial charge in [0.1, 0.15) is 17.3 Å². The van der Waals surface area contributed by atoms with Gasteiger partial charge >= 0.3 is 0 Å². The Labute approximate surface area is 184 Å². The average molecular weight is 422 g/mol. The van der Waals surface area contributed by atoms with Crippen LogP contribution in [-0.4, -0.2) is 14.7 Å². The van der Waals surface area contributed by atoms with Crippen molar-refractivity contribution in [1.82, 2.24) is 20.1 Å². The lowest BCUT2D eigenvalue weighted by molar-refractivity contribution is 0.394. The Hall–Kier alpha value is -4.13. The Balaban J connectivity index is 1.44. The summed E-state index contributed by atoms with van der Waals surface area (Å²) in [6.45, 7) is 3.92. The summed E-state index contributed by atoms with van der Waals surface area (Å²) in [6.07, 6.45) is 9.08. The second kappa shape index (κ2) is 6.95. The van der Waals surface area contributed by atoms with Gasteiger partial charge < -0.3 is 14.8 Å². The highest BCUT2D eigenvalue weighted by atomic mass is 16.5. The monoisotopic (exact) mass is 422 g/mol. The van der Waals surface area contributed by atoms with Gasteiger partial charge in [0, 0.05) is 28.7 Å². The van der Waals surface area contributed by atoms with Crippen molar-refractivity contribution in [2.45, 2.75) is 26.4 Å². The second-order valence-corrected chi connectivity index (χ2v) is 8.24. The van der Waals surface area contributed by atoms with Gasteiger partial charge in [0.05, 0.1) is 5.56 Å². The molecule has 0 radical (unpaired) electrons. The third kappa shape index (κ3) is 2.78. The number of allylic oxidation sites excluding steroid dienone is 2. The third-order valence-corrected chi connectivity index (χ3v) is 6.22. The van der Waals surface area contributed by atoms with Crippen LogP contribution in [-0.2, 0) is 6.42 Å². The summed E-state index contributed by atoms with van der Waals surface area (Å²) < 4.78 is 7.77. The van der Waals surface area contributed by atoms with Gasteiger partial charge in [0.2, 0.25) is 0 Å². The summed E-state index contributed by atoms with van der Waals surface area (Å²) in [6, 6.07) is 12.2. The van der Waals surface area contributed by atoms with E-state index in [0.717, 1.165) is 56.4 Å². The molecule has 4 aromatic rings. The van der Waals surface area contributed by atoms with Crippen LogP contribution in [0.25, 0.3) is 22.9 Å². The largest absolute Gasteiger partial charge is 0.383 e. The number of aromatic nitrogens is 3. The number of nitrogens with two attached hydrogens (primary N) is 1. The number of nitrogen functional groups attached to an aromatic ring is 1. The normalized spacial score (nSPS) is 16.4. The predicted octanol–water partition coefficient (Wildman–Crippen LogP) is 2.84. The fourth-order valence-electron chi connectivity index (χ4n) is 4.49. The number of pyridine rings is 1. The Morgan fingerprint density at radius 3 is 2.81 bits per heavy atom. The zero-order valence-corrected chi connectivity index (χ0v) is 17.8. The van der Waals surface area contributed by atoms with E-state index in [1.807, 2.05) is 50.4 Å². The van der Waals surface area contributed by atoms with E-state index in [9.17, 15) is 0 Å². The van der Waals surface area contributed by atoms with Crippen LogP contribution in [0.15, 0.2) is 64.5 Å². The molecule has 0 bridgehead atoms. The molecular formula is C25H22N6O. The van der Waals surface area contributed by atoms with Gasteiger partial charge in [-0.05, 0) is 49.1 Å². The molecule has 158 valence electrons. The van der Waals surface area contributed by atoms with E-state index in [4.69, 9.17) is 15.4 Å². The fraction of sp³-hybridized carbons (Fsp3) is 0.160. The van der Waals surface area contributed by atoms with Gasteiger partial charge in [0.25, 0.3) is 0 Å². The number of anilines is 1. The lowest BCUT2D eigenvalue weighted by Gasteiger charge is -2.14. The first-order valence-electron chi connectivity index (χ1n) is 10.6. The van der Waals surface area contributed by atoms with Gasteiger partial charge in [-0.15, -0.1) is 0 Å². The SMILES string of the molecule is Cc1cc(C2=CCc3cn4c(c3=C2)=NNC4c2c(-c3ccccc3)noc2C)cnc1N. The van der Waals surface area contributed by atoms with Gasteiger partial charge in [0.15, 0.2) is 11.7 Å². The standard InChI is InChI=1S/C25H22N6O/c1-14-10-19(12-27-23(14)26)17-8-9-18-13-31-24(20(18)11-17)28-29-25(31)21-15(2)32-30-22(21)16-6-4-3-5-7-16/h3-8,10-13,25,29H,9H2,1-2H3,(H2,26,27). The molecule has 3 aromatic heterocycles. The maximum Gasteiger partial charge on any atom is 0.162 e. The predicted molar refractivity (Wildman–Crippen MR) is 123 cm³/mol. The number of hydrogen-bond acceptors (Lipinski definition) is 6. The lowest BCUT2D eigenvalue weighted by atomic mass is 9.98. The third-order valence-electron chi connectivity index (χ3n) is 6.22. The van der Waals surface area contributed by atoms with Crippen molar-refractivity contribution >= 4 is 17.5 Å². The van der Waals surface area contributed by atoms with Gasteiger partial charge in [-0.25, -0.2) is 4.98 Å². The zero-order chi connectivity index (χ0) is 21.8. The molecule has 3 N–H and O–H groups in total. The Kier molecular flexibility index (Phi) is 4.04. The Bertz CT molecular complexity index is 1510. The van der Waals surface area contributed by atoms with Crippen LogP contribution in [0, 0.1) is 13.8 Å². The highest BCUT2D eigenvalue weighted by Gasteiger charge is 2.29. The van der Waals surface area contributed by atoms with Crippen molar-refractivity contribution in [2.24, 2.45) is 5.10 Å². The van der Waals surface area contributed by atoms with Crippen LogP contribution in [0.4, 0.5) is 5.82 Å². The minimum Gasteiger partial charge on any atom is -0.383 e. The van der Waals surface area contributed by atoms with Crippen LogP contribution in [0.2, 0.25) is 0 Å². The summed E-state index contributed by atoms with van der Waals surface area (Å²) >= 11 is 0. The quantitative estimate of drug-likeness (QED) is 0.530. The van der Waals surface area contributed by atoms with Crippen LogP contribution >= 0.6 is 0 Å². The summed E-state index contributed by atoms with van der Waals surface area (Å²) in [7, 11) is 0. The molecule has 7 heteroatoms. The van der Waals surface area contributed by atoms with E-state index in [0.29, 0.717) is 5.82 Å². The second-order valence-electron chi connectivity index (χ2n) is 8.24. The molecule has 32 heavy (non-hydrogen) atoms. The van der Waals surface area contributed by atoms with E-state index in [2.05, 4.69) is 44.5 Å². The molecule has 2 aliphatic rings. The summed E-state index contributed by atoms with van der Waals surface area (Å²) in [5.74, 6) is 1.35. The molecule has 1 aliphatic carbocycles. The van der Waals surface area contributed by atoms with Crippen molar-refractivity contribution in [3.63, 3.8) is 0 Å². The topological polar surface area (TPSA) is 94.3 Å². The molecule has 1 aromatic carbocycles. The van der Waals surface area contributed by atoms with Gasteiger partial charge in [-0.1, -0.05) is 41.6 Å². The number of benzene rings is 1. The first-order valence-corrected chi connectivity index (χ1v) is 10.6. The van der Waals surface area contributed by atoms with Gasteiger partial charge in [-0.3, -0.25) is 5.43 Å². The molecule has 6 rings (SSSR count). The first-order chi connectivity index (χ1) is 15.6. The summed E-state index contributed by atoms with van der Waals surface area (Å²) in [4.78, 5) is 4.32. The van der Waals surface area contributed by atoms with E-state index < -0.39 is 0 Å². The summed E-state index contributed by atoms with van der Waals surface area (Å²) in [5, 5.41) is 10.2. The van der Waals surface area contributed by atoms with Crippen LogP contribution in [0.3, 0.4) is 0 Å². The molecule has 1 aliphatic heterocycles. The molecule has 1 atom stereocenters. The number of rotatable bonds is 3. The minimum absolute atomic E-state index is 0.172.